The Morgan fingerprint density at radius 1 is 0.800 bits per heavy atom. The quantitative estimate of drug-likeness (QED) is 0.591. The molecule has 0 saturated carbocycles. The van der Waals surface area contributed by atoms with Crippen LogP contribution in [0.3, 0.4) is 0 Å². The van der Waals surface area contributed by atoms with Crippen molar-refractivity contribution in [1.29, 1.82) is 0 Å². The van der Waals surface area contributed by atoms with Crippen LogP contribution in [0.25, 0.3) is 0 Å². The number of rotatable bonds is 0. The standard InChI is InChI=1S/C5H5.C3H10Ge.In.3H/c1-2-4-5-3-1;1-4(2)3;;;;/h1-5H;4H,1-3H3;;;;. The van der Waals surface area contributed by atoms with Gasteiger partial charge in [0.15, 0.2) is 0 Å². The summed E-state index contributed by atoms with van der Waals surface area (Å²) in [4.78, 5) is 0. The minimum absolute atomic E-state index is 0. The molecule has 0 amide bonds. The normalized spacial score (nSPS) is 12.4. The topological polar surface area (TPSA) is 0 Å². The molecule has 0 aliphatic heterocycles. The summed E-state index contributed by atoms with van der Waals surface area (Å²) in [6, 6.07) is 0. The van der Waals surface area contributed by atoms with Gasteiger partial charge in [-0.25, -0.2) is 0 Å². The van der Waals surface area contributed by atoms with Gasteiger partial charge >= 0.3 is 57.5 Å². The molecule has 1 aliphatic carbocycles. The van der Waals surface area contributed by atoms with Crippen LogP contribution < -0.4 is 0 Å². The molecule has 0 spiro atoms. The third-order valence-corrected chi connectivity index (χ3v) is 0.556. The van der Waals surface area contributed by atoms with E-state index in [9.17, 15) is 0 Å². The third-order valence-electron chi connectivity index (χ3n) is 0.556. The fraction of sp³-hybridized carbons (Fsp3) is 0.375. The molecule has 57 valence electrons. The van der Waals surface area contributed by atoms with Crippen molar-refractivity contribution in [2.75, 3.05) is 0 Å². The predicted molar refractivity (Wildman–Crippen MR) is 57.3 cm³/mol. The molecule has 0 atom stereocenters. The second kappa shape index (κ2) is 9.89. The van der Waals surface area contributed by atoms with Gasteiger partial charge in [0, 0.05) is 6.42 Å². The summed E-state index contributed by atoms with van der Waals surface area (Å²) in [6.45, 7) is 0. The first-order chi connectivity index (χ1) is 4.23. The Kier molecular flexibility index (Phi) is 13.3. The summed E-state index contributed by atoms with van der Waals surface area (Å²) in [5.74, 6) is 7.06. The SMILES string of the molecule is [CH3][GeH]([CH3])[CH3].[CH]1C=CC=C1.[InH3]. The number of hydrogen-bond acceptors (Lipinski definition) is 0. The van der Waals surface area contributed by atoms with Gasteiger partial charge in [0.25, 0.3) is 0 Å². The average Bonchev–Trinajstić information content (AvgIpc) is 2.11. The van der Waals surface area contributed by atoms with E-state index in [1.165, 1.54) is 0 Å². The second-order valence-electron chi connectivity index (χ2n) is 2.69. The Balaban J connectivity index is 0. The zero-order valence-corrected chi connectivity index (χ0v) is 8.89. The van der Waals surface area contributed by atoms with Crippen molar-refractivity contribution in [3.8, 4) is 0 Å². The fourth-order valence-corrected chi connectivity index (χ4v) is 0.321. The molecule has 1 aliphatic rings. The van der Waals surface area contributed by atoms with Crippen molar-refractivity contribution in [3.63, 3.8) is 0 Å². The van der Waals surface area contributed by atoms with E-state index in [0.717, 1.165) is 0 Å². The molecule has 0 nitrogen and oxygen atoms in total. The molecule has 0 fully saturated rings. The van der Waals surface area contributed by atoms with Crippen LogP contribution in [0.1, 0.15) is 0 Å². The van der Waals surface area contributed by atoms with E-state index in [-0.39, 0.29) is 25.8 Å². The Morgan fingerprint density at radius 3 is 1.20 bits per heavy atom. The molecule has 0 heterocycles. The van der Waals surface area contributed by atoms with Crippen molar-refractivity contribution in [1.82, 2.24) is 0 Å². The van der Waals surface area contributed by atoms with Crippen LogP contribution in [-0.4, -0.2) is 40.2 Å². The van der Waals surface area contributed by atoms with Crippen LogP contribution in [0.4, 0.5) is 0 Å². The first-order valence-corrected chi connectivity index (χ1v) is 10.7. The molecule has 2 heteroatoms. The van der Waals surface area contributed by atoms with E-state index in [1.807, 2.05) is 30.7 Å². The van der Waals surface area contributed by atoms with Gasteiger partial charge in [-0.3, -0.25) is 0 Å². The monoisotopic (exact) mass is 303 g/mol. The van der Waals surface area contributed by atoms with Crippen molar-refractivity contribution >= 4 is 40.2 Å². The summed E-state index contributed by atoms with van der Waals surface area (Å²) in [5.41, 5.74) is 0. The Bertz CT molecular complexity index is 93.1. The Labute approximate surface area is 87.7 Å². The van der Waals surface area contributed by atoms with Gasteiger partial charge in [0.1, 0.15) is 0 Å². The van der Waals surface area contributed by atoms with Gasteiger partial charge in [-0.05, 0) is 0 Å². The molecule has 0 N–H and O–H groups in total. The van der Waals surface area contributed by atoms with Crippen LogP contribution in [0, 0.1) is 6.42 Å². The zero-order valence-electron chi connectivity index (χ0n) is 6.46. The van der Waals surface area contributed by atoms with Crippen molar-refractivity contribution in [2.45, 2.75) is 17.3 Å². The average molecular weight is 302 g/mol. The molecule has 0 saturated heterocycles. The van der Waals surface area contributed by atoms with Gasteiger partial charge in [0.05, 0.1) is 0 Å². The van der Waals surface area contributed by atoms with Crippen LogP contribution in [0.5, 0.6) is 0 Å². The van der Waals surface area contributed by atoms with E-state index in [1.54, 1.807) is 0 Å². The van der Waals surface area contributed by atoms with Crippen LogP contribution in [0.15, 0.2) is 24.3 Å². The van der Waals surface area contributed by atoms with E-state index >= 15 is 0 Å². The summed E-state index contributed by atoms with van der Waals surface area (Å²) < 4.78 is 0. The summed E-state index contributed by atoms with van der Waals surface area (Å²) in [6.07, 6.45) is 10.0. The molecule has 0 aromatic rings. The zero-order chi connectivity index (χ0) is 7.11. The van der Waals surface area contributed by atoms with Gasteiger partial charge in [0.2, 0.25) is 0 Å². The van der Waals surface area contributed by atoms with Gasteiger partial charge in [-0.15, -0.1) is 0 Å². The molecule has 1 radical (unpaired) electrons. The van der Waals surface area contributed by atoms with Crippen molar-refractivity contribution in [3.05, 3.63) is 30.7 Å². The molecular weight excluding hydrogens is 284 g/mol. The minimum atomic E-state index is -0.479. The molecule has 0 aromatic carbocycles. The van der Waals surface area contributed by atoms with Crippen LogP contribution >= 0.6 is 0 Å². The van der Waals surface area contributed by atoms with E-state index in [0.29, 0.717) is 0 Å². The first kappa shape index (κ1) is 13.5. The van der Waals surface area contributed by atoms with Crippen molar-refractivity contribution in [2.24, 2.45) is 0 Å². The summed E-state index contributed by atoms with van der Waals surface area (Å²) in [7, 11) is 0. The van der Waals surface area contributed by atoms with Gasteiger partial charge in [-0.1, -0.05) is 24.3 Å². The maximum atomic E-state index is 2.35. The summed E-state index contributed by atoms with van der Waals surface area (Å²) in [5, 5.41) is 0. The van der Waals surface area contributed by atoms with E-state index in [2.05, 4.69) is 17.3 Å². The van der Waals surface area contributed by atoms with E-state index < -0.39 is 14.3 Å². The molecule has 0 unspecified atom stereocenters. The Morgan fingerprint density at radius 2 is 1.10 bits per heavy atom. The van der Waals surface area contributed by atoms with Crippen LogP contribution in [-0.2, 0) is 0 Å². The molecule has 0 bridgehead atoms. The maximum absolute atomic E-state index is 2.35. The second-order valence-corrected chi connectivity index (χ2v) is 9.96. The predicted octanol–water partition coefficient (Wildman–Crippen LogP) is 1.24. The molecule has 0 aromatic heterocycles. The summed E-state index contributed by atoms with van der Waals surface area (Å²) >= 11 is -0.479. The number of allylic oxidation sites excluding steroid dienone is 4. The molecule has 10 heavy (non-hydrogen) atoms. The fourth-order valence-electron chi connectivity index (χ4n) is 0.321. The van der Waals surface area contributed by atoms with E-state index in [4.69, 9.17) is 0 Å². The first-order valence-electron chi connectivity index (χ1n) is 3.40. The van der Waals surface area contributed by atoms with Gasteiger partial charge < -0.3 is 0 Å². The number of hydrogen-bond donors (Lipinski definition) is 0. The van der Waals surface area contributed by atoms with Crippen LogP contribution in [0.2, 0.25) is 17.3 Å². The molecular formula is C8H18GeIn. The third kappa shape index (κ3) is 16.0. The molecule has 1 rings (SSSR count). The van der Waals surface area contributed by atoms with Gasteiger partial charge in [-0.2, -0.15) is 0 Å². The van der Waals surface area contributed by atoms with Crippen molar-refractivity contribution < 1.29 is 0 Å². The Hall–Kier alpha value is 0.893.